The average molecular weight is 472 g/mol. The van der Waals surface area contributed by atoms with E-state index in [1.807, 2.05) is 41.3 Å². The fourth-order valence-corrected chi connectivity index (χ4v) is 5.80. The highest BCUT2D eigenvalue weighted by Crippen LogP contribution is 2.33. The normalized spacial score (nSPS) is 13.8. The SMILES string of the molecule is Cc1cccc(Cn2cnc3sc4c(c3c2=O)CCN(C(=O)c2ccc(C(C)(C)C)cc2)C4)c1. The Morgan fingerprint density at radius 2 is 1.88 bits per heavy atom. The first-order valence-electron chi connectivity index (χ1n) is 11.7. The van der Waals surface area contributed by atoms with E-state index in [0.717, 1.165) is 26.2 Å². The van der Waals surface area contributed by atoms with Crippen LogP contribution >= 0.6 is 11.3 Å². The molecule has 0 fully saturated rings. The standard InChI is InChI=1S/C28H29N3O2S/c1-18-6-5-7-19(14-18)15-31-17-29-25-24(27(31)33)22-12-13-30(16-23(22)34-25)26(32)20-8-10-21(11-9-20)28(2,3)4/h5-11,14,17H,12-13,15-16H2,1-4H3. The Kier molecular flexibility index (Phi) is 5.64. The summed E-state index contributed by atoms with van der Waals surface area (Å²) >= 11 is 1.54. The van der Waals surface area contributed by atoms with Gasteiger partial charge in [-0.15, -0.1) is 11.3 Å². The van der Waals surface area contributed by atoms with Crippen LogP contribution in [0.1, 0.15) is 58.3 Å². The fraction of sp³-hybridized carbons (Fsp3) is 0.321. The molecule has 0 radical (unpaired) electrons. The average Bonchev–Trinajstić information content (AvgIpc) is 3.18. The molecule has 0 spiro atoms. The van der Waals surface area contributed by atoms with Crippen molar-refractivity contribution in [1.82, 2.24) is 14.5 Å². The quantitative estimate of drug-likeness (QED) is 0.407. The van der Waals surface area contributed by atoms with Crippen LogP contribution in [0.25, 0.3) is 10.2 Å². The van der Waals surface area contributed by atoms with E-state index < -0.39 is 0 Å². The zero-order chi connectivity index (χ0) is 24.0. The third kappa shape index (κ3) is 4.18. The number of hydrogen-bond acceptors (Lipinski definition) is 4. The maximum Gasteiger partial charge on any atom is 0.262 e. The molecule has 5 rings (SSSR count). The molecule has 0 N–H and O–H groups in total. The highest BCUT2D eigenvalue weighted by atomic mass is 32.1. The lowest BCUT2D eigenvalue weighted by molar-refractivity contribution is 0.0737. The summed E-state index contributed by atoms with van der Waals surface area (Å²) in [6.45, 7) is 10.2. The van der Waals surface area contributed by atoms with Crippen LogP contribution in [0.15, 0.2) is 59.7 Å². The number of amides is 1. The lowest BCUT2D eigenvalue weighted by Gasteiger charge is -2.27. The van der Waals surface area contributed by atoms with Crippen LogP contribution in [0.2, 0.25) is 0 Å². The van der Waals surface area contributed by atoms with Crippen molar-refractivity contribution in [2.75, 3.05) is 6.54 Å². The minimum absolute atomic E-state index is 0.00144. The highest BCUT2D eigenvalue weighted by Gasteiger charge is 2.27. The molecule has 2 aromatic carbocycles. The largest absolute Gasteiger partial charge is 0.333 e. The number of rotatable bonds is 3. The summed E-state index contributed by atoms with van der Waals surface area (Å²) in [5.41, 5.74) is 5.29. The molecule has 1 amide bonds. The van der Waals surface area contributed by atoms with Crippen LogP contribution in [-0.4, -0.2) is 26.9 Å². The van der Waals surface area contributed by atoms with Gasteiger partial charge in [0, 0.05) is 17.0 Å². The van der Waals surface area contributed by atoms with E-state index in [1.54, 1.807) is 10.9 Å². The number of aromatic nitrogens is 2. The third-order valence-electron chi connectivity index (χ3n) is 6.55. The van der Waals surface area contributed by atoms with Crippen molar-refractivity contribution in [3.05, 3.63) is 97.9 Å². The second-order valence-corrected chi connectivity index (χ2v) is 11.2. The minimum Gasteiger partial charge on any atom is -0.333 e. The molecule has 3 heterocycles. The number of thiophene rings is 1. The Labute approximate surface area is 203 Å². The molecule has 1 aliphatic rings. The summed E-state index contributed by atoms with van der Waals surface area (Å²) in [5, 5.41) is 0.719. The predicted molar refractivity (Wildman–Crippen MR) is 138 cm³/mol. The van der Waals surface area contributed by atoms with Crippen molar-refractivity contribution in [3.8, 4) is 0 Å². The Morgan fingerprint density at radius 1 is 1.12 bits per heavy atom. The summed E-state index contributed by atoms with van der Waals surface area (Å²) in [4.78, 5) is 34.9. The van der Waals surface area contributed by atoms with Gasteiger partial charge in [-0.1, -0.05) is 62.7 Å². The van der Waals surface area contributed by atoms with Crippen molar-refractivity contribution in [1.29, 1.82) is 0 Å². The van der Waals surface area contributed by atoms with Gasteiger partial charge in [-0.25, -0.2) is 4.98 Å². The van der Waals surface area contributed by atoms with Crippen molar-refractivity contribution in [2.24, 2.45) is 0 Å². The van der Waals surface area contributed by atoms with E-state index in [1.165, 1.54) is 22.5 Å². The molecule has 1 aliphatic heterocycles. The first-order valence-corrected chi connectivity index (χ1v) is 12.5. The number of nitrogens with zero attached hydrogens (tertiary/aromatic N) is 3. The smallest absolute Gasteiger partial charge is 0.262 e. The van der Waals surface area contributed by atoms with E-state index in [2.05, 4.69) is 44.8 Å². The number of carbonyl (C=O) groups is 1. The maximum absolute atomic E-state index is 13.3. The lowest BCUT2D eigenvalue weighted by Crippen LogP contribution is -2.35. The molecule has 0 saturated carbocycles. The predicted octanol–water partition coefficient (Wildman–Crippen LogP) is 5.31. The number of fused-ring (bicyclic) bond motifs is 3. The minimum atomic E-state index is 0.00144. The van der Waals surface area contributed by atoms with Crippen molar-refractivity contribution < 1.29 is 4.79 Å². The summed E-state index contributed by atoms with van der Waals surface area (Å²) < 4.78 is 1.69. The molecule has 34 heavy (non-hydrogen) atoms. The highest BCUT2D eigenvalue weighted by molar-refractivity contribution is 7.18. The first kappa shape index (κ1) is 22.5. The Bertz CT molecular complexity index is 1440. The monoisotopic (exact) mass is 471 g/mol. The topological polar surface area (TPSA) is 55.2 Å². The first-order chi connectivity index (χ1) is 16.2. The van der Waals surface area contributed by atoms with Crippen molar-refractivity contribution >= 4 is 27.5 Å². The molecule has 0 atom stereocenters. The van der Waals surface area contributed by atoms with Crippen LogP contribution in [0.4, 0.5) is 0 Å². The summed E-state index contributed by atoms with van der Waals surface area (Å²) in [7, 11) is 0. The molecule has 0 bridgehead atoms. The second-order valence-electron chi connectivity index (χ2n) is 10.2. The van der Waals surface area contributed by atoms with Gasteiger partial charge in [0.05, 0.1) is 24.8 Å². The van der Waals surface area contributed by atoms with E-state index >= 15 is 0 Å². The molecular formula is C28H29N3O2S. The van der Waals surface area contributed by atoms with Crippen LogP contribution in [0, 0.1) is 6.92 Å². The fourth-order valence-electron chi connectivity index (χ4n) is 4.61. The lowest BCUT2D eigenvalue weighted by atomic mass is 9.86. The molecule has 6 heteroatoms. The van der Waals surface area contributed by atoms with E-state index in [-0.39, 0.29) is 16.9 Å². The van der Waals surface area contributed by atoms with Crippen molar-refractivity contribution in [3.63, 3.8) is 0 Å². The molecule has 2 aromatic heterocycles. The van der Waals surface area contributed by atoms with Crippen LogP contribution in [0.5, 0.6) is 0 Å². The number of aryl methyl sites for hydroxylation is 1. The molecular weight excluding hydrogens is 442 g/mol. The van der Waals surface area contributed by atoms with Crippen LogP contribution in [-0.2, 0) is 24.9 Å². The van der Waals surface area contributed by atoms with Crippen LogP contribution < -0.4 is 5.56 Å². The zero-order valence-corrected chi connectivity index (χ0v) is 20.9. The van der Waals surface area contributed by atoms with Gasteiger partial charge in [0.15, 0.2) is 0 Å². The molecule has 0 saturated heterocycles. The number of hydrogen-bond donors (Lipinski definition) is 0. The summed E-state index contributed by atoms with van der Waals surface area (Å²) in [5.74, 6) is 0.0355. The number of carbonyl (C=O) groups excluding carboxylic acids is 1. The van der Waals surface area contributed by atoms with E-state index in [4.69, 9.17) is 0 Å². The van der Waals surface area contributed by atoms with Gasteiger partial charge in [-0.05, 0) is 47.6 Å². The van der Waals surface area contributed by atoms with Crippen molar-refractivity contribution in [2.45, 2.75) is 52.6 Å². The van der Waals surface area contributed by atoms with E-state index in [0.29, 0.717) is 31.6 Å². The maximum atomic E-state index is 13.3. The summed E-state index contributed by atoms with van der Waals surface area (Å²) in [6, 6.07) is 16.1. The van der Waals surface area contributed by atoms with Crippen LogP contribution in [0.3, 0.4) is 0 Å². The molecule has 4 aromatic rings. The molecule has 0 unspecified atom stereocenters. The van der Waals surface area contributed by atoms with Gasteiger partial charge in [0.2, 0.25) is 0 Å². The second kappa shape index (κ2) is 8.51. The zero-order valence-electron chi connectivity index (χ0n) is 20.1. The molecule has 5 nitrogen and oxygen atoms in total. The van der Waals surface area contributed by atoms with Gasteiger partial charge in [0.1, 0.15) is 4.83 Å². The Hall–Kier alpha value is -3.25. The summed E-state index contributed by atoms with van der Waals surface area (Å²) in [6.07, 6.45) is 2.32. The van der Waals surface area contributed by atoms with E-state index in [9.17, 15) is 9.59 Å². The van der Waals surface area contributed by atoms with Gasteiger partial charge in [-0.3, -0.25) is 14.2 Å². The third-order valence-corrected chi connectivity index (χ3v) is 7.67. The molecule has 174 valence electrons. The van der Waals surface area contributed by atoms with Gasteiger partial charge >= 0.3 is 0 Å². The molecule has 0 aliphatic carbocycles. The van der Waals surface area contributed by atoms with Gasteiger partial charge in [0.25, 0.3) is 11.5 Å². The number of benzene rings is 2. The Morgan fingerprint density at radius 3 is 2.59 bits per heavy atom. The van der Waals surface area contributed by atoms with Gasteiger partial charge in [-0.2, -0.15) is 0 Å². The van der Waals surface area contributed by atoms with Gasteiger partial charge < -0.3 is 4.90 Å². The Balaban J connectivity index is 1.41.